The molecule has 1 aliphatic heterocycles. The number of aromatic nitrogens is 3. The Labute approximate surface area is 182 Å². The first-order valence-electron chi connectivity index (χ1n) is 9.70. The lowest BCUT2D eigenvalue weighted by molar-refractivity contribution is 0.226. The van der Waals surface area contributed by atoms with E-state index in [1.165, 1.54) is 6.08 Å². The lowest BCUT2D eigenvalue weighted by atomic mass is 9.98. The minimum Gasteiger partial charge on any atom is -0.598 e. The molecule has 0 radical (unpaired) electrons. The van der Waals surface area contributed by atoms with E-state index in [-0.39, 0.29) is 5.69 Å². The Bertz CT molecular complexity index is 986. The molecule has 0 amide bonds. The lowest BCUT2D eigenvalue weighted by Gasteiger charge is -2.33. The molecule has 0 bridgehead atoms. The van der Waals surface area contributed by atoms with Crippen LogP contribution in [0, 0.1) is 22.7 Å². The second-order valence-electron chi connectivity index (χ2n) is 7.24. The number of pyridine rings is 1. The van der Waals surface area contributed by atoms with E-state index in [9.17, 15) is 18.6 Å². The van der Waals surface area contributed by atoms with Gasteiger partial charge in [-0.05, 0) is 43.0 Å². The minimum atomic E-state index is -2.84. The highest BCUT2D eigenvalue weighted by atomic mass is 32.2. The molecule has 1 saturated heterocycles. The van der Waals surface area contributed by atoms with Gasteiger partial charge in [-0.25, -0.2) is 18.7 Å². The Morgan fingerprint density at radius 1 is 1.55 bits per heavy atom. The van der Waals surface area contributed by atoms with Gasteiger partial charge in [-0.15, -0.1) is 4.72 Å². The number of nitriles is 1. The molecule has 2 aromatic rings. The van der Waals surface area contributed by atoms with Gasteiger partial charge in [-0.1, -0.05) is 0 Å². The van der Waals surface area contributed by atoms with Crippen molar-refractivity contribution in [2.24, 2.45) is 5.92 Å². The summed E-state index contributed by atoms with van der Waals surface area (Å²) in [6.45, 7) is 2.19. The number of rotatable bonds is 8. The van der Waals surface area contributed by atoms with Crippen LogP contribution in [0.2, 0.25) is 0 Å². The van der Waals surface area contributed by atoms with Gasteiger partial charge in [0.05, 0.1) is 17.6 Å². The van der Waals surface area contributed by atoms with Gasteiger partial charge in [-0.3, -0.25) is 5.41 Å². The zero-order valence-electron chi connectivity index (χ0n) is 16.9. The van der Waals surface area contributed by atoms with Crippen molar-refractivity contribution in [3.8, 4) is 17.3 Å². The van der Waals surface area contributed by atoms with Gasteiger partial charge >= 0.3 is 0 Å². The quantitative estimate of drug-likeness (QED) is 0.422. The first-order chi connectivity index (χ1) is 14.9. The highest BCUT2D eigenvalue weighted by molar-refractivity contribution is 7.88. The summed E-state index contributed by atoms with van der Waals surface area (Å²) in [6.07, 6.45) is 4.61. The van der Waals surface area contributed by atoms with E-state index >= 15 is 0 Å². The Balaban J connectivity index is 1.80. The van der Waals surface area contributed by atoms with E-state index in [4.69, 9.17) is 5.41 Å². The molecule has 1 aliphatic rings. The molecule has 0 aliphatic carbocycles. The van der Waals surface area contributed by atoms with E-state index in [2.05, 4.69) is 30.6 Å². The van der Waals surface area contributed by atoms with Crippen molar-refractivity contribution >= 4 is 29.0 Å². The van der Waals surface area contributed by atoms with Crippen LogP contribution in [0.25, 0.3) is 17.3 Å². The highest BCUT2D eigenvalue weighted by Gasteiger charge is 2.23. The largest absolute Gasteiger partial charge is 0.598 e. The third-order valence-corrected chi connectivity index (χ3v) is 5.48. The zero-order chi connectivity index (χ0) is 22.4. The molecule has 31 heavy (non-hydrogen) atoms. The number of hydrogen-bond acceptors (Lipinski definition) is 7. The maximum absolute atomic E-state index is 12.5. The number of imidazole rings is 1. The van der Waals surface area contributed by atoms with Crippen molar-refractivity contribution in [1.29, 1.82) is 10.7 Å². The molecule has 164 valence electrons. The van der Waals surface area contributed by atoms with E-state index in [1.54, 1.807) is 18.5 Å². The Morgan fingerprint density at radius 2 is 2.35 bits per heavy atom. The molecule has 8 nitrogen and oxygen atoms in total. The van der Waals surface area contributed by atoms with Gasteiger partial charge in [0.25, 0.3) is 6.43 Å². The number of aromatic amines is 1. The SMILES string of the molecule is C[S+]([O-])NCC1CCCN(c2cc(-c3cnc(/C=C\C(=N)C(F)F)[nH]3)cc(C#N)n2)C1. The summed E-state index contributed by atoms with van der Waals surface area (Å²) >= 11 is -1.06. The van der Waals surface area contributed by atoms with Gasteiger partial charge in [0, 0.05) is 36.6 Å². The first-order valence-corrected chi connectivity index (χ1v) is 11.3. The lowest BCUT2D eigenvalue weighted by Crippen LogP contribution is -2.41. The minimum absolute atomic E-state index is 0.258. The fraction of sp³-hybridized carbons (Fsp3) is 0.400. The number of nitrogens with zero attached hydrogens (tertiary/aromatic N) is 4. The smallest absolute Gasteiger partial charge is 0.279 e. The standard InChI is InChI=1S/C20H23F2N7OS/c1-31(30)26-10-13-3-2-6-29(12-13)19-8-14(7-15(9-23)27-19)17-11-25-18(28-17)5-4-16(24)20(21)22/h4-5,7-8,11,13,20,24,26H,2-3,6,10,12H2,1H3,(H,25,28)/b5-4-,24-16?. The molecule has 2 unspecified atom stereocenters. The van der Waals surface area contributed by atoms with E-state index in [1.807, 2.05) is 6.07 Å². The van der Waals surface area contributed by atoms with Crippen LogP contribution >= 0.6 is 0 Å². The summed E-state index contributed by atoms with van der Waals surface area (Å²) in [5, 5.41) is 16.6. The van der Waals surface area contributed by atoms with Gasteiger partial charge in [0.15, 0.2) is 0 Å². The van der Waals surface area contributed by atoms with Crippen molar-refractivity contribution < 1.29 is 13.3 Å². The number of allylic oxidation sites excluding steroid dienone is 1. The van der Waals surface area contributed by atoms with Crippen molar-refractivity contribution in [2.75, 3.05) is 30.8 Å². The molecule has 3 rings (SSSR count). The number of anilines is 1. The van der Waals surface area contributed by atoms with Crippen LogP contribution in [0.1, 0.15) is 24.4 Å². The second kappa shape index (κ2) is 10.5. The van der Waals surface area contributed by atoms with Crippen LogP contribution in [-0.4, -0.2) is 57.5 Å². The fourth-order valence-corrected chi connectivity index (χ4v) is 3.85. The summed E-state index contributed by atoms with van der Waals surface area (Å²) in [4.78, 5) is 13.7. The van der Waals surface area contributed by atoms with E-state index in [0.717, 1.165) is 32.0 Å². The van der Waals surface area contributed by atoms with Crippen molar-refractivity contribution in [1.82, 2.24) is 19.7 Å². The molecule has 2 atom stereocenters. The molecular weight excluding hydrogens is 424 g/mol. The van der Waals surface area contributed by atoms with Crippen molar-refractivity contribution in [2.45, 2.75) is 19.3 Å². The monoisotopic (exact) mass is 447 g/mol. The molecule has 0 saturated carbocycles. The maximum Gasteiger partial charge on any atom is 0.279 e. The van der Waals surface area contributed by atoms with E-state index < -0.39 is 23.5 Å². The number of nitrogens with one attached hydrogen (secondary N) is 3. The molecular formula is C20H23F2N7OS. The fourth-order valence-electron chi connectivity index (χ4n) is 3.38. The Kier molecular flexibility index (Phi) is 7.73. The maximum atomic E-state index is 12.5. The first kappa shape index (κ1) is 22.9. The zero-order valence-corrected chi connectivity index (χ0v) is 17.8. The number of alkyl halides is 2. The van der Waals surface area contributed by atoms with Gasteiger partial charge in [0.1, 0.15) is 29.7 Å². The number of piperidine rings is 1. The van der Waals surface area contributed by atoms with Crippen molar-refractivity contribution in [3.63, 3.8) is 0 Å². The predicted molar refractivity (Wildman–Crippen MR) is 116 cm³/mol. The number of H-pyrrole nitrogens is 1. The number of hydrogen-bond donors (Lipinski definition) is 3. The van der Waals surface area contributed by atoms with Crippen LogP contribution in [0.4, 0.5) is 14.6 Å². The third-order valence-electron chi connectivity index (χ3n) is 4.91. The van der Waals surface area contributed by atoms with Gasteiger partial charge in [0.2, 0.25) is 0 Å². The topological polar surface area (TPSA) is 128 Å². The summed E-state index contributed by atoms with van der Waals surface area (Å²) in [6, 6.07) is 5.57. The molecule has 1 fully saturated rings. The van der Waals surface area contributed by atoms with E-state index in [0.29, 0.717) is 35.4 Å². The third kappa shape index (κ3) is 6.33. The van der Waals surface area contributed by atoms with Crippen LogP contribution in [0.3, 0.4) is 0 Å². The molecule has 2 aromatic heterocycles. The van der Waals surface area contributed by atoms with Crippen LogP contribution in [0.15, 0.2) is 24.4 Å². The molecule has 0 spiro atoms. The Hall–Kier alpha value is -2.81. The van der Waals surface area contributed by atoms with Gasteiger partial charge in [-0.2, -0.15) is 5.26 Å². The average Bonchev–Trinajstić information content (AvgIpc) is 3.25. The average molecular weight is 448 g/mol. The van der Waals surface area contributed by atoms with Crippen LogP contribution < -0.4 is 9.62 Å². The summed E-state index contributed by atoms with van der Waals surface area (Å²) in [5.74, 6) is 1.32. The Morgan fingerprint density at radius 3 is 3.06 bits per heavy atom. The van der Waals surface area contributed by atoms with Crippen molar-refractivity contribution in [3.05, 3.63) is 35.9 Å². The van der Waals surface area contributed by atoms with Gasteiger partial charge < -0.3 is 14.4 Å². The second-order valence-corrected chi connectivity index (χ2v) is 8.44. The normalized spacial score (nSPS) is 17.8. The van der Waals surface area contributed by atoms with Crippen LogP contribution in [0.5, 0.6) is 0 Å². The summed E-state index contributed by atoms with van der Waals surface area (Å²) in [5.41, 5.74) is 0.776. The molecule has 3 N–H and O–H groups in total. The summed E-state index contributed by atoms with van der Waals surface area (Å²) < 4.78 is 39.2. The number of halogens is 2. The van der Waals surface area contributed by atoms with Crippen LogP contribution in [-0.2, 0) is 11.4 Å². The molecule has 3 heterocycles. The predicted octanol–water partition coefficient (Wildman–Crippen LogP) is 2.74. The summed E-state index contributed by atoms with van der Waals surface area (Å²) in [7, 11) is 0. The molecule has 11 heteroatoms. The molecule has 0 aromatic carbocycles. The highest BCUT2D eigenvalue weighted by Crippen LogP contribution is 2.27.